The predicted octanol–water partition coefficient (Wildman–Crippen LogP) is 4.25. The Labute approximate surface area is 154 Å². The molecule has 1 aliphatic heterocycles. The number of hydrogen-bond acceptors (Lipinski definition) is 5. The number of rotatable bonds is 5. The van der Waals surface area contributed by atoms with Crippen LogP contribution in [-0.4, -0.2) is 29.8 Å². The third-order valence-corrected chi connectivity index (χ3v) is 4.83. The van der Waals surface area contributed by atoms with E-state index in [-0.39, 0.29) is 17.7 Å². The zero-order valence-electron chi connectivity index (χ0n) is 14.3. The molecule has 0 spiro atoms. The SMILES string of the molecule is COc1ccccc1C=C1SC(=O)N(CNc2cc(F)ccc2C)C1=O. The maximum absolute atomic E-state index is 13.4. The van der Waals surface area contributed by atoms with Gasteiger partial charge in [-0.05, 0) is 48.5 Å². The molecule has 2 aromatic rings. The van der Waals surface area contributed by atoms with Crippen LogP contribution in [0.4, 0.5) is 14.9 Å². The van der Waals surface area contributed by atoms with Crippen LogP contribution >= 0.6 is 11.8 Å². The van der Waals surface area contributed by atoms with Gasteiger partial charge in [-0.25, -0.2) is 4.39 Å². The number of aryl methyl sites for hydroxylation is 1. The fourth-order valence-electron chi connectivity index (χ4n) is 2.51. The number of carbonyl (C=O) groups excluding carboxylic acids is 2. The van der Waals surface area contributed by atoms with Gasteiger partial charge in [-0.1, -0.05) is 24.3 Å². The van der Waals surface area contributed by atoms with E-state index in [0.29, 0.717) is 16.3 Å². The van der Waals surface area contributed by atoms with Crippen molar-refractivity contribution in [2.45, 2.75) is 6.92 Å². The number of imide groups is 1. The molecule has 134 valence electrons. The van der Waals surface area contributed by atoms with Crippen LogP contribution < -0.4 is 10.1 Å². The van der Waals surface area contributed by atoms with Gasteiger partial charge in [0.05, 0.1) is 18.7 Å². The highest BCUT2D eigenvalue weighted by Crippen LogP contribution is 2.33. The number of nitrogens with zero attached hydrogens (tertiary/aromatic N) is 1. The Balaban J connectivity index is 1.77. The van der Waals surface area contributed by atoms with E-state index in [1.54, 1.807) is 31.4 Å². The number of benzene rings is 2. The lowest BCUT2D eigenvalue weighted by Crippen LogP contribution is -2.33. The van der Waals surface area contributed by atoms with Crippen LogP contribution in [0.25, 0.3) is 6.08 Å². The summed E-state index contributed by atoms with van der Waals surface area (Å²) < 4.78 is 18.6. The molecule has 0 aromatic heterocycles. The molecular weight excluding hydrogens is 355 g/mol. The lowest BCUT2D eigenvalue weighted by atomic mass is 10.2. The third-order valence-electron chi connectivity index (χ3n) is 3.93. The average Bonchev–Trinajstić information content (AvgIpc) is 2.89. The van der Waals surface area contributed by atoms with Crippen LogP contribution in [0.3, 0.4) is 0 Å². The van der Waals surface area contributed by atoms with E-state index in [9.17, 15) is 14.0 Å². The van der Waals surface area contributed by atoms with Crippen LogP contribution in [0.15, 0.2) is 47.4 Å². The first kappa shape index (κ1) is 18.0. The smallest absolute Gasteiger partial charge is 0.295 e. The molecule has 2 aromatic carbocycles. The van der Waals surface area contributed by atoms with Gasteiger partial charge in [0.15, 0.2) is 0 Å². The molecule has 1 aliphatic rings. The first-order valence-electron chi connectivity index (χ1n) is 7.88. The molecular formula is C19H17FN2O3S. The summed E-state index contributed by atoms with van der Waals surface area (Å²) in [6.07, 6.45) is 1.64. The molecule has 26 heavy (non-hydrogen) atoms. The fourth-order valence-corrected chi connectivity index (χ4v) is 3.34. The molecule has 7 heteroatoms. The fraction of sp³-hybridized carbons (Fsp3) is 0.158. The minimum Gasteiger partial charge on any atom is -0.496 e. The van der Waals surface area contributed by atoms with Gasteiger partial charge >= 0.3 is 0 Å². The van der Waals surface area contributed by atoms with Gasteiger partial charge in [-0.3, -0.25) is 14.5 Å². The van der Waals surface area contributed by atoms with Crippen molar-refractivity contribution >= 4 is 34.7 Å². The number of halogens is 1. The van der Waals surface area contributed by atoms with Gasteiger partial charge in [-0.15, -0.1) is 0 Å². The molecule has 0 aliphatic carbocycles. The third kappa shape index (κ3) is 3.72. The molecule has 2 amide bonds. The monoisotopic (exact) mass is 372 g/mol. The van der Waals surface area contributed by atoms with Crippen molar-refractivity contribution in [1.29, 1.82) is 0 Å². The number of carbonyl (C=O) groups is 2. The second-order valence-electron chi connectivity index (χ2n) is 5.65. The van der Waals surface area contributed by atoms with E-state index < -0.39 is 5.91 Å². The first-order chi connectivity index (χ1) is 12.5. The second kappa shape index (κ2) is 7.61. The van der Waals surface area contributed by atoms with Crippen LogP contribution in [0.1, 0.15) is 11.1 Å². The molecule has 1 fully saturated rings. The first-order valence-corrected chi connectivity index (χ1v) is 8.69. The van der Waals surface area contributed by atoms with Gasteiger partial charge in [0.2, 0.25) is 0 Å². The van der Waals surface area contributed by atoms with Crippen molar-refractivity contribution in [3.63, 3.8) is 0 Å². The Morgan fingerprint density at radius 3 is 2.77 bits per heavy atom. The van der Waals surface area contributed by atoms with E-state index in [0.717, 1.165) is 27.8 Å². The minimum absolute atomic E-state index is 0.0295. The highest BCUT2D eigenvalue weighted by atomic mass is 32.2. The standard InChI is InChI=1S/C19H17FN2O3S/c1-12-7-8-14(20)10-15(12)21-11-22-18(23)17(26-19(22)24)9-13-5-3-4-6-16(13)25-2/h3-10,21H,11H2,1-2H3. The number of hydrogen-bond donors (Lipinski definition) is 1. The summed E-state index contributed by atoms with van der Waals surface area (Å²) in [6, 6.07) is 11.6. The molecule has 0 radical (unpaired) electrons. The van der Waals surface area contributed by atoms with Crippen molar-refractivity contribution < 1.29 is 18.7 Å². The second-order valence-corrected chi connectivity index (χ2v) is 6.64. The average molecular weight is 372 g/mol. The highest BCUT2D eigenvalue weighted by Gasteiger charge is 2.35. The van der Waals surface area contributed by atoms with Crippen LogP contribution in [0.2, 0.25) is 0 Å². The van der Waals surface area contributed by atoms with Gasteiger partial charge in [-0.2, -0.15) is 0 Å². The summed E-state index contributed by atoms with van der Waals surface area (Å²) in [4.78, 5) is 26.2. The number of para-hydroxylation sites is 1. The van der Waals surface area contributed by atoms with E-state index >= 15 is 0 Å². The molecule has 1 N–H and O–H groups in total. The molecule has 0 saturated carbocycles. The summed E-state index contributed by atoms with van der Waals surface area (Å²) in [5.41, 5.74) is 2.08. The molecule has 0 atom stereocenters. The highest BCUT2D eigenvalue weighted by molar-refractivity contribution is 8.18. The Morgan fingerprint density at radius 1 is 1.23 bits per heavy atom. The van der Waals surface area contributed by atoms with Gasteiger partial charge in [0.1, 0.15) is 11.6 Å². The van der Waals surface area contributed by atoms with E-state index in [2.05, 4.69) is 5.32 Å². The number of ether oxygens (including phenoxy) is 1. The molecule has 3 rings (SSSR count). The van der Waals surface area contributed by atoms with Crippen molar-refractivity contribution in [2.75, 3.05) is 19.1 Å². The molecule has 1 saturated heterocycles. The summed E-state index contributed by atoms with van der Waals surface area (Å²) in [5.74, 6) is -0.163. The van der Waals surface area contributed by atoms with Gasteiger partial charge in [0, 0.05) is 11.3 Å². The summed E-state index contributed by atoms with van der Waals surface area (Å²) in [7, 11) is 1.55. The van der Waals surface area contributed by atoms with Crippen LogP contribution in [0.5, 0.6) is 5.75 Å². The number of nitrogens with one attached hydrogen (secondary N) is 1. The Morgan fingerprint density at radius 2 is 2.00 bits per heavy atom. The zero-order valence-corrected chi connectivity index (χ0v) is 15.1. The van der Waals surface area contributed by atoms with E-state index in [1.807, 2.05) is 19.1 Å². The molecule has 5 nitrogen and oxygen atoms in total. The number of anilines is 1. The normalized spacial score (nSPS) is 15.7. The topological polar surface area (TPSA) is 58.6 Å². The van der Waals surface area contributed by atoms with Crippen molar-refractivity contribution in [2.24, 2.45) is 0 Å². The van der Waals surface area contributed by atoms with Crippen LogP contribution in [0, 0.1) is 12.7 Å². The maximum Gasteiger partial charge on any atom is 0.295 e. The van der Waals surface area contributed by atoms with Gasteiger partial charge in [0.25, 0.3) is 11.1 Å². The molecule has 1 heterocycles. The van der Waals surface area contributed by atoms with Crippen molar-refractivity contribution in [3.8, 4) is 5.75 Å². The Hall–Kier alpha value is -2.80. The largest absolute Gasteiger partial charge is 0.496 e. The minimum atomic E-state index is -0.396. The number of amides is 2. The summed E-state index contributed by atoms with van der Waals surface area (Å²) in [5, 5.41) is 2.57. The van der Waals surface area contributed by atoms with Gasteiger partial charge < -0.3 is 10.1 Å². The number of thioether (sulfide) groups is 1. The Kier molecular flexibility index (Phi) is 5.27. The number of methoxy groups -OCH3 is 1. The Bertz CT molecular complexity index is 898. The predicted molar refractivity (Wildman–Crippen MR) is 100 cm³/mol. The zero-order chi connectivity index (χ0) is 18.7. The lowest BCUT2D eigenvalue weighted by Gasteiger charge is -2.16. The maximum atomic E-state index is 13.4. The lowest BCUT2D eigenvalue weighted by molar-refractivity contribution is -0.122. The summed E-state index contributed by atoms with van der Waals surface area (Å²) >= 11 is 0.867. The summed E-state index contributed by atoms with van der Waals surface area (Å²) in [6.45, 7) is 1.79. The molecule has 0 unspecified atom stereocenters. The van der Waals surface area contributed by atoms with E-state index in [4.69, 9.17) is 4.74 Å². The molecule has 0 bridgehead atoms. The van der Waals surface area contributed by atoms with Crippen LogP contribution in [-0.2, 0) is 4.79 Å². The van der Waals surface area contributed by atoms with E-state index in [1.165, 1.54) is 12.1 Å². The van der Waals surface area contributed by atoms with Crippen molar-refractivity contribution in [3.05, 3.63) is 64.3 Å². The quantitative estimate of drug-likeness (QED) is 0.795. The van der Waals surface area contributed by atoms with Crippen molar-refractivity contribution in [1.82, 2.24) is 4.90 Å².